The number of thioether (sulfide) groups is 1. The number of non-ortho nitro benzene ring substituents is 1. The number of ketones is 1. The van der Waals surface area contributed by atoms with Gasteiger partial charge in [-0.3, -0.25) is 19.7 Å². The third-order valence-corrected chi connectivity index (χ3v) is 7.86. The predicted molar refractivity (Wildman–Crippen MR) is 181 cm³/mol. The lowest BCUT2D eigenvalue weighted by molar-refractivity contribution is -0.384. The second kappa shape index (κ2) is 14.4. The number of nitro groups is 1. The summed E-state index contributed by atoms with van der Waals surface area (Å²) in [6.07, 6.45) is 4.79. The molecule has 0 bridgehead atoms. The number of carbonyl (C=O) groups excluding carboxylic acids is 2. The highest BCUT2D eigenvalue weighted by Gasteiger charge is 2.20. The molecule has 0 saturated heterocycles. The van der Waals surface area contributed by atoms with Gasteiger partial charge in [0.05, 0.1) is 29.0 Å². The maximum absolute atomic E-state index is 12.7. The Morgan fingerprint density at radius 2 is 1.69 bits per heavy atom. The van der Waals surface area contributed by atoms with E-state index >= 15 is 0 Å². The van der Waals surface area contributed by atoms with Gasteiger partial charge in [0, 0.05) is 35.1 Å². The number of carbonyl (C=O) groups is 2. The van der Waals surface area contributed by atoms with Crippen molar-refractivity contribution < 1.29 is 23.7 Å². The van der Waals surface area contributed by atoms with E-state index in [9.17, 15) is 19.7 Å². The van der Waals surface area contributed by atoms with E-state index < -0.39 is 4.92 Å². The molecule has 0 atom stereocenters. The van der Waals surface area contributed by atoms with Crippen LogP contribution in [0.15, 0.2) is 125 Å². The number of anilines is 1. The van der Waals surface area contributed by atoms with Gasteiger partial charge in [-0.05, 0) is 84.4 Å². The molecule has 0 radical (unpaired) electrons. The zero-order valence-corrected chi connectivity index (χ0v) is 26.2. The van der Waals surface area contributed by atoms with Crippen LogP contribution < -0.4 is 10.1 Å². The Kier molecular flexibility index (Phi) is 9.49. The molecule has 6 aromatic rings. The van der Waals surface area contributed by atoms with E-state index in [1.807, 2.05) is 60.8 Å². The fourth-order valence-corrected chi connectivity index (χ4v) is 5.16. The molecule has 12 nitrogen and oxygen atoms in total. The van der Waals surface area contributed by atoms with Crippen molar-refractivity contribution in [2.45, 2.75) is 5.22 Å². The van der Waals surface area contributed by atoms with E-state index in [0.717, 1.165) is 28.8 Å². The minimum atomic E-state index is -0.483. The van der Waals surface area contributed by atoms with Crippen LogP contribution in [-0.2, 0) is 4.79 Å². The van der Waals surface area contributed by atoms with Crippen LogP contribution in [0.4, 0.5) is 11.4 Å². The number of nitrogens with zero attached hydrogens (tertiary/aromatic N) is 5. The summed E-state index contributed by atoms with van der Waals surface area (Å²) in [5, 5.41) is 27.0. The van der Waals surface area contributed by atoms with Crippen LogP contribution in [0, 0.1) is 10.1 Å². The SMILES string of the molecule is COc1ccc(-c2nn(-c3ccccc3)cc2-c2nnc(SCC(=O)Nc3ccc(C(=O)/C=C/c4ccc([N+](=O)[O-])cc4)cc3)o2)cc1. The number of amides is 1. The van der Waals surface area contributed by atoms with Gasteiger partial charge in [-0.25, -0.2) is 4.68 Å². The Hall–Kier alpha value is -6.34. The Morgan fingerprint density at radius 3 is 2.38 bits per heavy atom. The van der Waals surface area contributed by atoms with Crippen LogP contribution in [0.5, 0.6) is 5.75 Å². The number of hydrogen-bond acceptors (Lipinski definition) is 10. The minimum Gasteiger partial charge on any atom is -0.497 e. The summed E-state index contributed by atoms with van der Waals surface area (Å²) in [6, 6.07) is 29.5. The van der Waals surface area contributed by atoms with Crippen molar-refractivity contribution >= 4 is 40.9 Å². The van der Waals surface area contributed by atoms with E-state index in [4.69, 9.17) is 14.3 Å². The lowest BCUT2D eigenvalue weighted by Gasteiger charge is -2.05. The Bertz CT molecular complexity index is 2090. The topological polar surface area (TPSA) is 155 Å². The summed E-state index contributed by atoms with van der Waals surface area (Å²) in [5.74, 6) is 0.436. The molecule has 0 aliphatic heterocycles. The van der Waals surface area contributed by atoms with Gasteiger partial charge in [-0.1, -0.05) is 36.0 Å². The standard InChI is InChI=1S/C35H26N6O6S/c1-46-29-18-12-25(13-19-29)33-30(21-40(39-33)27-5-3-2-4-6-27)34-37-38-35(47-34)48-22-32(43)36-26-14-10-24(11-15-26)31(42)20-9-23-7-16-28(17-8-23)41(44)45/h2-21H,22H2,1H3,(H,36,43)/b20-9+. The van der Waals surface area contributed by atoms with Gasteiger partial charge in [0.1, 0.15) is 11.4 Å². The molecule has 0 fully saturated rings. The van der Waals surface area contributed by atoms with Crippen molar-refractivity contribution in [3.05, 3.63) is 137 Å². The fraction of sp³-hybridized carbons (Fsp3) is 0.0571. The highest BCUT2D eigenvalue weighted by Crippen LogP contribution is 2.33. The number of allylic oxidation sites excluding steroid dienone is 1. The van der Waals surface area contributed by atoms with Crippen LogP contribution >= 0.6 is 11.8 Å². The smallest absolute Gasteiger partial charge is 0.277 e. The molecular formula is C35H26N6O6S. The normalized spacial score (nSPS) is 11.0. The molecule has 0 aliphatic carbocycles. The first-order valence-corrected chi connectivity index (χ1v) is 15.5. The Morgan fingerprint density at radius 1 is 0.958 bits per heavy atom. The van der Waals surface area contributed by atoms with E-state index in [-0.39, 0.29) is 34.2 Å². The van der Waals surface area contributed by atoms with Gasteiger partial charge in [-0.15, -0.1) is 10.2 Å². The average molecular weight is 659 g/mol. The first-order chi connectivity index (χ1) is 23.4. The molecule has 0 unspecified atom stereocenters. The second-order valence-electron chi connectivity index (χ2n) is 10.2. The fourth-order valence-electron chi connectivity index (χ4n) is 4.60. The molecule has 4 aromatic carbocycles. The number of hydrogen-bond donors (Lipinski definition) is 1. The van der Waals surface area contributed by atoms with Gasteiger partial charge < -0.3 is 14.5 Å². The summed E-state index contributed by atoms with van der Waals surface area (Å²) < 4.78 is 13.0. The van der Waals surface area contributed by atoms with Crippen molar-refractivity contribution in [1.82, 2.24) is 20.0 Å². The molecular weight excluding hydrogens is 632 g/mol. The number of methoxy groups -OCH3 is 1. The highest BCUT2D eigenvalue weighted by molar-refractivity contribution is 7.99. The minimum absolute atomic E-state index is 0.00883. The number of aromatic nitrogens is 4. The van der Waals surface area contributed by atoms with Crippen molar-refractivity contribution in [3.63, 3.8) is 0 Å². The number of nitro benzene ring substituents is 1. The van der Waals surface area contributed by atoms with E-state index in [0.29, 0.717) is 28.1 Å². The number of ether oxygens (including phenoxy) is 1. The second-order valence-corrected chi connectivity index (χ2v) is 11.2. The molecule has 0 spiro atoms. The monoisotopic (exact) mass is 658 g/mol. The van der Waals surface area contributed by atoms with Crippen molar-refractivity contribution in [2.24, 2.45) is 0 Å². The highest BCUT2D eigenvalue weighted by atomic mass is 32.2. The largest absolute Gasteiger partial charge is 0.497 e. The van der Waals surface area contributed by atoms with E-state index in [1.165, 1.54) is 18.2 Å². The maximum atomic E-state index is 12.7. The first kappa shape index (κ1) is 31.6. The average Bonchev–Trinajstić information content (AvgIpc) is 3.79. The molecule has 0 saturated carbocycles. The van der Waals surface area contributed by atoms with E-state index in [2.05, 4.69) is 15.5 Å². The predicted octanol–water partition coefficient (Wildman–Crippen LogP) is 7.13. The van der Waals surface area contributed by atoms with Gasteiger partial charge >= 0.3 is 0 Å². The summed E-state index contributed by atoms with van der Waals surface area (Å²) in [7, 11) is 1.61. The Balaban J connectivity index is 1.08. The quantitative estimate of drug-likeness (QED) is 0.0472. The number of para-hydroxylation sites is 1. The third-order valence-electron chi connectivity index (χ3n) is 7.05. The van der Waals surface area contributed by atoms with Crippen LogP contribution in [-0.4, -0.2) is 49.5 Å². The number of benzene rings is 4. The van der Waals surface area contributed by atoms with Crippen molar-refractivity contribution in [1.29, 1.82) is 0 Å². The van der Waals surface area contributed by atoms with Gasteiger partial charge in [0.2, 0.25) is 5.91 Å². The van der Waals surface area contributed by atoms with Crippen LogP contribution in [0.3, 0.4) is 0 Å². The summed E-state index contributed by atoms with van der Waals surface area (Å²) >= 11 is 1.09. The van der Waals surface area contributed by atoms with Crippen LogP contribution in [0.2, 0.25) is 0 Å². The van der Waals surface area contributed by atoms with Crippen LogP contribution in [0.25, 0.3) is 34.5 Å². The zero-order chi connectivity index (χ0) is 33.5. The number of rotatable bonds is 12. The number of nitrogens with one attached hydrogen (secondary N) is 1. The molecule has 13 heteroatoms. The summed E-state index contributed by atoms with van der Waals surface area (Å²) in [4.78, 5) is 35.6. The zero-order valence-electron chi connectivity index (χ0n) is 25.3. The molecule has 2 heterocycles. The van der Waals surface area contributed by atoms with Gasteiger partial charge in [0.25, 0.3) is 16.8 Å². The molecule has 2 aromatic heterocycles. The molecule has 48 heavy (non-hydrogen) atoms. The molecule has 1 N–H and O–H groups in total. The third kappa shape index (κ3) is 7.54. The van der Waals surface area contributed by atoms with Crippen molar-refractivity contribution in [3.8, 4) is 34.1 Å². The summed E-state index contributed by atoms with van der Waals surface area (Å²) in [5.41, 5.74) is 4.53. The van der Waals surface area contributed by atoms with E-state index in [1.54, 1.807) is 54.3 Å². The molecule has 6 rings (SSSR count). The molecule has 1 amide bonds. The molecule has 238 valence electrons. The van der Waals surface area contributed by atoms with Crippen LogP contribution in [0.1, 0.15) is 15.9 Å². The molecule has 0 aliphatic rings. The Labute approximate surface area is 278 Å². The first-order valence-electron chi connectivity index (χ1n) is 14.5. The lowest BCUT2D eigenvalue weighted by atomic mass is 10.1. The van der Waals surface area contributed by atoms with Gasteiger partial charge in [0.15, 0.2) is 5.78 Å². The lowest BCUT2D eigenvalue weighted by Crippen LogP contribution is -2.14. The maximum Gasteiger partial charge on any atom is 0.277 e. The summed E-state index contributed by atoms with van der Waals surface area (Å²) in [6.45, 7) is 0. The van der Waals surface area contributed by atoms with Gasteiger partial charge in [-0.2, -0.15) is 5.10 Å². The van der Waals surface area contributed by atoms with Crippen molar-refractivity contribution in [2.75, 3.05) is 18.2 Å².